The van der Waals surface area contributed by atoms with E-state index in [4.69, 9.17) is 0 Å². The second-order valence-electron chi connectivity index (χ2n) is 6.71. The van der Waals surface area contributed by atoms with Crippen LogP contribution in [0.1, 0.15) is 61.7 Å². The maximum Gasteiger partial charge on any atom is 0.270 e. The van der Waals surface area contributed by atoms with Crippen molar-refractivity contribution < 1.29 is 9.59 Å². The number of hydrogen-bond acceptors (Lipinski definition) is 2. The number of likely N-dealkylation sites (tertiary alicyclic amines) is 1. The second-order valence-corrected chi connectivity index (χ2v) is 6.71. The number of hydrogen-bond donors (Lipinski definition) is 1. The lowest BCUT2D eigenvalue weighted by molar-refractivity contribution is -0.128. The van der Waals surface area contributed by atoms with Crippen LogP contribution < -0.4 is 5.32 Å². The van der Waals surface area contributed by atoms with E-state index in [2.05, 4.69) is 5.32 Å². The molecule has 1 aromatic rings. The first-order valence-corrected chi connectivity index (χ1v) is 9.13. The predicted molar refractivity (Wildman–Crippen MR) is 94.5 cm³/mol. The monoisotopic (exact) mass is 326 g/mol. The van der Waals surface area contributed by atoms with Gasteiger partial charge in [-0.15, -0.1) is 0 Å². The van der Waals surface area contributed by atoms with Crippen molar-refractivity contribution in [1.82, 2.24) is 10.2 Å². The van der Waals surface area contributed by atoms with Gasteiger partial charge in [0.15, 0.2) is 0 Å². The molecule has 0 unspecified atom stereocenters. The number of piperidine rings is 1. The molecule has 2 amide bonds. The van der Waals surface area contributed by atoms with Crippen molar-refractivity contribution in [1.29, 1.82) is 0 Å². The molecule has 1 aromatic carbocycles. The Morgan fingerprint density at radius 3 is 2.12 bits per heavy atom. The molecule has 2 aliphatic rings. The van der Waals surface area contributed by atoms with Gasteiger partial charge in [0.05, 0.1) is 0 Å². The summed E-state index contributed by atoms with van der Waals surface area (Å²) in [5.41, 5.74) is 2.27. The number of amides is 2. The normalized spacial score (nSPS) is 18.2. The molecule has 128 valence electrons. The number of carbonyl (C=O) groups is 2. The van der Waals surface area contributed by atoms with Crippen molar-refractivity contribution in [3.63, 3.8) is 0 Å². The van der Waals surface area contributed by atoms with E-state index in [9.17, 15) is 9.59 Å². The number of nitrogens with zero attached hydrogens (tertiary/aromatic N) is 1. The zero-order valence-electron chi connectivity index (χ0n) is 14.2. The molecule has 4 heteroatoms. The van der Waals surface area contributed by atoms with Crippen molar-refractivity contribution in [2.75, 3.05) is 13.1 Å². The van der Waals surface area contributed by atoms with Crippen LogP contribution in [0.2, 0.25) is 0 Å². The fourth-order valence-electron chi connectivity index (χ4n) is 3.55. The largest absolute Gasteiger partial charge is 0.337 e. The summed E-state index contributed by atoms with van der Waals surface area (Å²) in [6.45, 7) is 1.60. The Morgan fingerprint density at radius 2 is 1.46 bits per heavy atom. The summed E-state index contributed by atoms with van der Waals surface area (Å²) >= 11 is 0. The van der Waals surface area contributed by atoms with E-state index in [0.717, 1.165) is 57.2 Å². The van der Waals surface area contributed by atoms with E-state index in [-0.39, 0.29) is 11.8 Å². The smallest absolute Gasteiger partial charge is 0.270 e. The summed E-state index contributed by atoms with van der Waals surface area (Å²) in [5, 5.41) is 2.95. The first-order chi connectivity index (χ1) is 11.8. The Bertz CT molecular complexity index is 608. The summed E-state index contributed by atoms with van der Waals surface area (Å²) in [5.74, 6) is -0.176. The minimum atomic E-state index is -0.186. The summed E-state index contributed by atoms with van der Waals surface area (Å²) in [4.78, 5) is 27.5. The van der Waals surface area contributed by atoms with E-state index in [1.807, 2.05) is 23.1 Å². The van der Waals surface area contributed by atoms with Gasteiger partial charge < -0.3 is 10.2 Å². The van der Waals surface area contributed by atoms with Crippen LogP contribution in [0.4, 0.5) is 0 Å². The maximum atomic E-state index is 13.0. The SMILES string of the molecule is O=C(NC(C(=O)N1CCCCC1)=C1CCCCC1)c1ccccc1. The standard InChI is InChI=1S/C20H26N2O2/c23-19(17-12-6-2-7-13-17)21-18(16-10-4-1-5-11-16)20(24)22-14-8-3-9-15-22/h2,6-7,12-13H,1,3-5,8-11,14-15H2,(H,21,23). The fraction of sp³-hybridized carbons (Fsp3) is 0.500. The van der Waals surface area contributed by atoms with Gasteiger partial charge in [-0.3, -0.25) is 9.59 Å². The minimum absolute atomic E-state index is 0.0101. The van der Waals surface area contributed by atoms with Crippen LogP contribution in [0.3, 0.4) is 0 Å². The highest BCUT2D eigenvalue weighted by atomic mass is 16.2. The summed E-state index contributed by atoms with van der Waals surface area (Å²) < 4.78 is 0. The lowest BCUT2D eigenvalue weighted by Gasteiger charge is -2.29. The number of benzene rings is 1. The first kappa shape index (κ1) is 16.7. The molecule has 1 aliphatic heterocycles. The second kappa shape index (κ2) is 8.13. The average molecular weight is 326 g/mol. The average Bonchev–Trinajstić information content (AvgIpc) is 2.67. The van der Waals surface area contributed by atoms with Gasteiger partial charge >= 0.3 is 0 Å². The third-order valence-corrected chi connectivity index (χ3v) is 4.94. The predicted octanol–water partition coefficient (Wildman–Crippen LogP) is 3.65. The highest BCUT2D eigenvalue weighted by Gasteiger charge is 2.25. The van der Waals surface area contributed by atoms with Crippen LogP contribution >= 0.6 is 0 Å². The fourth-order valence-corrected chi connectivity index (χ4v) is 3.55. The van der Waals surface area contributed by atoms with Gasteiger partial charge in [0.1, 0.15) is 5.70 Å². The maximum absolute atomic E-state index is 13.0. The van der Waals surface area contributed by atoms with Crippen molar-refractivity contribution in [2.24, 2.45) is 0 Å². The van der Waals surface area contributed by atoms with Gasteiger partial charge in [0, 0.05) is 18.7 Å². The van der Waals surface area contributed by atoms with Gasteiger partial charge in [-0.25, -0.2) is 0 Å². The molecule has 0 spiro atoms. The topological polar surface area (TPSA) is 49.4 Å². The van der Waals surface area contributed by atoms with Gasteiger partial charge in [0.25, 0.3) is 11.8 Å². The van der Waals surface area contributed by atoms with E-state index >= 15 is 0 Å². The van der Waals surface area contributed by atoms with Crippen molar-refractivity contribution in [2.45, 2.75) is 51.4 Å². The number of nitrogens with one attached hydrogen (secondary N) is 1. The molecule has 0 atom stereocenters. The Morgan fingerprint density at radius 1 is 0.833 bits per heavy atom. The quantitative estimate of drug-likeness (QED) is 0.862. The zero-order valence-corrected chi connectivity index (χ0v) is 14.2. The lowest BCUT2D eigenvalue weighted by Crippen LogP contribution is -2.42. The van der Waals surface area contributed by atoms with Gasteiger partial charge in [-0.1, -0.05) is 24.6 Å². The van der Waals surface area contributed by atoms with Crippen LogP contribution in [-0.4, -0.2) is 29.8 Å². The molecular formula is C20H26N2O2. The highest BCUT2D eigenvalue weighted by molar-refractivity contribution is 6.03. The number of allylic oxidation sites excluding steroid dienone is 1. The zero-order chi connectivity index (χ0) is 16.8. The molecule has 2 fully saturated rings. The van der Waals surface area contributed by atoms with Crippen LogP contribution in [-0.2, 0) is 4.79 Å². The van der Waals surface area contributed by atoms with Crippen molar-refractivity contribution in [3.8, 4) is 0 Å². The van der Waals surface area contributed by atoms with Crippen LogP contribution in [0.5, 0.6) is 0 Å². The van der Waals surface area contributed by atoms with E-state index < -0.39 is 0 Å². The van der Waals surface area contributed by atoms with Crippen molar-refractivity contribution in [3.05, 3.63) is 47.2 Å². The van der Waals surface area contributed by atoms with Crippen molar-refractivity contribution >= 4 is 11.8 Å². The Balaban J connectivity index is 1.82. The molecule has 1 aliphatic carbocycles. The minimum Gasteiger partial charge on any atom is -0.337 e. The molecule has 1 saturated carbocycles. The summed E-state index contributed by atoms with van der Waals surface area (Å²) in [6, 6.07) is 9.13. The Hall–Kier alpha value is -2.10. The third kappa shape index (κ3) is 4.05. The molecule has 0 radical (unpaired) electrons. The van der Waals surface area contributed by atoms with E-state index in [1.165, 1.54) is 12.8 Å². The molecule has 1 heterocycles. The molecule has 24 heavy (non-hydrogen) atoms. The molecule has 0 aromatic heterocycles. The van der Waals surface area contributed by atoms with Crippen LogP contribution in [0.25, 0.3) is 0 Å². The lowest BCUT2D eigenvalue weighted by atomic mass is 9.92. The molecule has 0 bridgehead atoms. The Labute approximate surface area is 143 Å². The first-order valence-electron chi connectivity index (χ1n) is 9.13. The highest BCUT2D eigenvalue weighted by Crippen LogP contribution is 2.26. The molecule has 1 N–H and O–H groups in total. The van der Waals surface area contributed by atoms with Crippen LogP contribution in [0, 0.1) is 0 Å². The Kier molecular flexibility index (Phi) is 5.68. The molecule has 1 saturated heterocycles. The van der Waals surface area contributed by atoms with Gasteiger partial charge in [-0.2, -0.15) is 0 Å². The number of carbonyl (C=O) groups excluding carboxylic acids is 2. The summed E-state index contributed by atoms with van der Waals surface area (Å²) in [6.07, 6.45) is 8.56. The van der Waals surface area contributed by atoms with Gasteiger partial charge in [0.2, 0.25) is 0 Å². The third-order valence-electron chi connectivity index (χ3n) is 4.94. The van der Waals surface area contributed by atoms with Gasteiger partial charge in [-0.05, 0) is 62.7 Å². The molecule has 4 nitrogen and oxygen atoms in total. The van der Waals surface area contributed by atoms with Crippen LogP contribution in [0.15, 0.2) is 41.6 Å². The molecular weight excluding hydrogens is 300 g/mol. The van der Waals surface area contributed by atoms with E-state index in [0.29, 0.717) is 11.3 Å². The molecule has 3 rings (SSSR count). The number of rotatable bonds is 3. The van der Waals surface area contributed by atoms with E-state index in [1.54, 1.807) is 12.1 Å². The summed E-state index contributed by atoms with van der Waals surface area (Å²) in [7, 11) is 0.